The van der Waals surface area contributed by atoms with Crippen LogP contribution >= 0.6 is 0 Å². The van der Waals surface area contributed by atoms with Crippen LogP contribution in [0.5, 0.6) is 0 Å². The molecule has 11 rings (SSSR count). The van der Waals surface area contributed by atoms with Gasteiger partial charge in [-0.15, -0.1) is 0 Å². The molecule has 0 radical (unpaired) electrons. The van der Waals surface area contributed by atoms with Crippen molar-refractivity contribution in [1.82, 2.24) is 19.6 Å². The van der Waals surface area contributed by atoms with E-state index in [2.05, 4.69) is 281 Å². The number of carbonyl (C=O) groups is 12. The van der Waals surface area contributed by atoms with Gasteiger partial charge in [-0.05, 0) is 292 Å². The van der Waals surface area contributed by atoms with Crippen molar-refractivity contribution in [3.05, 3.63) is 335 Å². The molecule has 2 bridgehead atoms. The Morgan fingerprint density at radius 1 is 0.322 bits per heavy atom. The largest absolute Gasteiger partial charge is 0.330 e. The Balaban J connectivity index is 0.782. The Bertz CT molecular complexity index is 7480. The molecule has 9 atom stereocenters. The van der Waals surface area contributed by atoms with Crippen LogP contribution in [0, 0.1) is 35.5 Å². The average molecular weight is 1900 g/mol. The average Bonchev–Trinajstić information content (AvgIpc) is 1.59. The second-order valence-corrected chi connectivity index (χ2v) is 39.0. The molecule has 4 aliphatic heterocycles. The van der Waals surface area contributed by atoms with E-state index in [1.54, 1.807) is 9.80 Å². The molecule has 718 valence electrons. The van der Waals surface area contributed by atoms with Gasteiger partial charge in [0.1, 0.15) is 18.1 Å². The topological polar surface area (TPSA) is 231 Å². The van der Waals surface area contributed by atoms with Gasteiger partial charge in [0.15, 0.2) is 5.82 Å². The highest BCUT2D eigenvalue weighted by Crippen LogP contribution is 2.63. The number of hydrogen-bond donors (Lipinski definition) is 0. The van der Waals surface area contributed by atoms with Crippen LogP contribution in [0.25, 0.3) is 0 Å². The van der Waals surface area contributed by atoms with E-state index in [9.17, 15) is 43.2 Å². The molecule has 20 nitrogen and oxygen atoms in total. The number of nitrogens with zero attached hydrogens (tertiary/aromatic N) is 8. The normalized spacial score (nSPS) is 18.2. The summed E-state index contributed by atoms with van der Waals surface area (Å²) < 4.78 is 0. The van der Waals surface area contributed by atoms with Gasteiger partial charge in [-0.2, -0.15) is 0 Å². The zero-order valence-electron chi connectivity index (χ0n) is 85.1. The fourth-order valence-electron chi connectivity index (χ4n) is 20.5. The van der Waals surface area contributed by atoms with Crippen LogP contribution in [-0.2, 0) is 70.4 Å². The number of benzene rings is 4. The quantitative estimate of drug-likeness (QED) is 0.0445. The minimum absolute atomic E-state index is 0.0163. The third kappa shape index (κ3) is 25.1. The first-order valence-electron chi connectivity index (χ1n) is 48.2. The van der Waals surface area contributed by atoms with Crippen LogP contribution in [-0.4, -0.2) is 129 Å². The third-order valence-corrected chi connectivity index (χ3v) is 26.8. The summed E-state index contributed by atoms with van der Waals surface area (Å²) in [6.45, 7) is 41.8. The van der Waals surface area contributed by atoms with E-state index in [-0.39, 0.29) is 126 Å². The first-order valence-corrected chi connectivity index (χ1v) is 48.2. The Hall–Kier alpha value is -16.7. The SMILES string of the molecule is C=C=C=C=C=C=C=C=C=C=C=C=C=C=C=C=C=C=C=C=C=C=C=C=C=C=C=C=C=C=C=C=C=C=C=C(N(C)C(C)=O)N(C(C)=O)C1CC(=O)N(c2c(C(C)C)cc(Cc3cc(C(C)C)c(N4C(=O)CC(N(CC5CC6C7CC(CN(C(C)=O)C8CC(=O)N(c9c(C(C)C)cc(Cc%10cc(C(C)C)c(N%11C(=O)C=CC%11=O)c(C(C)C)c%10)cc9C(C)C)C8=O)C(C7)C6C5)C(C)=O)C4=O)c(C(C)C)c3)cc2C(C)C)C1=O. The lowest BCUT2D eigenvalue weighted by molar-refractivity contribution is -0.138. The highest BCUT2D eigenvalue weighted by atomic mass is 16.2. The summed E-state index contributed by atoms with van der Waals surface area (Å²) in [5.74, 6) is -5.42. The van der Waals surface area contributed by atoms with Crippen molar-refractivity contribution < 1.29 is 57.5 Å². The Morgan fingerprint density at radius 2 is 0.587 bits per heavy atom. The van der Waals surface area contributed by atoms with Crippen LogP contribution in [0.1, 0.15) is 298 Å². The van der Waals surface area contributed by atoms with E-state index < -0.39 is 65.9 Å². The van der Waals surface area contributed by atoms with E-state index in [0.717, 1.165) is 96.0 Å². The van der Waals surface area contributed by atoms with Crippen LogP contribution < -0.4 is 19.6 Å². The van der Waals surface area contributed by atoms with Crippen molar-refractivity contribution in [2.45, 2.75) is 262 Å². The molecule has 4 aromatic carbocycles. The lowest BCUT2D eigenvalue weighted by atomic mass is 9.75. The molecule has 9 unspecified atom stereocenters. The van der Waals surface area contributed by atoms with Gasteiger partial charge in [-0.1, -0.05) is 165 Å². The zero-order valence-corrected chi connectivity index (χ0v) is 85.1. The van der Waals surface area contributed by atoms with E-state index >= 15 is 14.4 Å². The van der Waals surface area contributed by atoms with Crippen LogP contribution in [0.3, 0.4) is 0 Å². The van der Waals surface area contributed by atoms with Gasteiger partial charge in [-0.3, -0.25) is 67.3 Å². The molecule has 3 saturated heterocycles. The highest BCUT2D eigenvalue weighted by Gasteiger charge is 2.58. The smallest absolute Gasteiger partial charge is 0.258 e. The van der Waals surface area contributed by atoms with Crippen molar-refractivity contribution in [2.24, 2.45) is 35.5 Å². The highest BCUT2D eigenvalue weighted by molar-refractivity contribution is 6.29. The van der Waals surface area contributed by atoms with Gasteiger partial charge >= 0.3 is 0 Å². The van der Waals surface area contributed by atoms with E-state index in [1.165, 1.54) is 61.6 Å². The van der Waals surface area contributed by atoms with E-state index in [4.69, 9.17) is 0 Å². The molecule has 3 saturated carbocycles. The van der Waals surface area contributed by atoms with E-state index in [0.29, 0.717) is 65.1 Å². The number of imide groups is 4. The maximum absolute atomic E-state index is 15.5. The maximum Gasteiger partial charge on any atom is 0.258 e. The summed E-state index contributed by atoms with van der Waals surface area (Å²) in [4.78, 5) is 183. The molecule has 143 heavy (non-hydrogen) atoms. The predicted molar refractivity (Wildman–Crippen MR) is 542 cm³/mol. The van der Waals surface area contributed by atoms with Crippen LogP contribution in [0.15, 0.2) is 268 Å². The first kappa shape index (κ1) is 107. The van der Waals surface area contributed by atoms with Crippen LogP contribution in [0.4, 0.5) is 22.7 Å². The molecule has 0 aromatic heterocycles. The minimum atomic E-state index is -1.40. The van der Waals surface area contributed by atoms with E-state index in [1.807, 2.05) is 79.7 Å². The number of hydrogen-bond acceptors (Lipinski definition) is 12. The summed E-state index contributed by atoms with van der Waals surface area (Å²) in [5, 5.41) is 0. The molecule has 3 aliphatic carbocycles. The van der Waals surface area contributed by atoms with Gasteiger partial charge in [0, 0.05) is 152 Å². The second-order valence-electron chi connectivity index (χ2n) is 39.0. The fourth-order valence-corrected chi connectivity index (χ4v) is 20.5. The summed E-state index contributed by atoms with van der Waals surface area (Å²) in [6, 6.07) is 13.0. The minimum Gasteiger partial charge on any atom is -0.330 e. The maximum atomic E-state index is 15.5. The molecule has 4 heterocycles. The number of amides is 12. The van der Waals surface area contributed by atoms with Gasteiger partial charge in [0.2, 0.25) is 41.4 Å². The first-order chi connectivity index (χ1) is 68.2. The molecule has 6 fully saturated rings. The lowest BCUT2D eigenvalue weighted by Crippen LogP contribution is -2.48. The Kier molecular flexibility index (Phi) is 36.0. The number of rotatable bonds is 25. The molecular formula is C123H114N8O12. The number of fused-ring (bicyclic) bond motifs is 5. The Morgan fingerprint density at radius 3 is 0.867 bits per heavy atom. The monoisotopic (exact) mass is 1890 g/mol. The molecule has 4 aromatic rings. The molecular weight excluding hydrogens is 1780 g/mol. The van der Waals surface area contributed by atoms with Crippen LogP contribution in [0.2, 0.25) is 0 Å². The zero-order chi connectivity index (χ0) is 104. The Labute approximate surface area is 837 Å². The van der Waals surface area contributed by atoms with Gasteiger partial charge in [-0.25, -0.2) is 19.6 Å². The third-order valence-electron chi connectivity index (χ3n) is 26.8. The summed E-state index contributed by atoms with van der Waals surface area (Å²) in [6.07, 6.45) is 6.20. The second kappa shape index (κ2) is 48.3. The molecule has 20 heteroatoms. The van der Waals surface area contributed by atoms with Crippen molar-refractivity contribution in [3.63, 3.8) is 0 Å². The van der Waals surface area contributed by atoms with Crippen molar-refractivity contribution in [3.8, 4) is 0 Å². The standard InChI is InChI=1S/C123H114N8O12/c1-23-24-25-26-27-28-29-30-31-32-33-34-35-36-37-38-39-40-41-42-43-44-45-46-47-48-49-50-51-52-53-54-55-56-111(124(22)86(18)132)127(89(21)135)110-75-116(140)131(123(110)143)120-103(84(14)15)67-93(68-104(120)85(16)17)60-92-65-99(80(6)7)118(100(66-92)81(8)9)129-114(138)73-108(121(129)141)125(87(19)133)76-94-69-105-95-71-96(106(72-95)107(105)70-94)77-126(88(20)134)109-74-115(139)130(122(109)142)119-101(82(10)11)63-91(64-102(119)83(12)13)59-90-61-97(78(2)3)117(98(62-90)79(4)5)128-112(136)57-58-113(128)137/h57-58,61-68,78-85,94-96,105-110H,1,59-60,69-77H2,2-22H3. The number of carbonyl (C=O) groups excluding carboxylic acids is 12. The summed E-state index contributed by atoms with van der Waals surface area (Å²) in [5.41, 5.74) is 98.0. The van der Waals surface area contributed by atoms with Crippen molar-refractivity contribution >= 4 is 93.6 Å². The summed E-state index contributed by atoms with van der Waals surface area (Å²) >= 11 is 0. The molecule has 7 aliphatic rings. The van der Waals surface area contributed by atoms with Gasteiger partial charge in [0.25, 0.3) is 29.5 Å². The van der Waals surface area contributed by atoms with Crippen molar-refractivity contribution in [2.75, 3.05) is 39.7 Å². The molecule has 12 amide bonds. The fraction of sp³-hybridized carbons (Fsp3) is 0.398. The molecule has 0 N–H and O–H groups in total. The summed E-state index contributed by atoms with van der Waals surface area (Å²) in [7, 11) is 1.39. The molecule has 0 spiro atoms. The predicted octanol–water partition coefficient (Wildman–Crippen LogP) is 19.9. The number of anilines is 4. The van der Waals surface area contributed by atoms with Gasteiger partial charge < -0.3 is 9.80 Å². The van der Waals surface area contributed by atoms with Gasteiger partial charge in [0.05, 0.1) is 42.0 Å². The lowest BCUT2D eigenvalue weighted by Gasteiger charge is -2.36. The van der Waals surface area contributed by atoms with Crippen molar-refractivity contribution in [1.29, 1.82) is 0 Å².